The second-order valence-electron chi connectivity index (χ2n) is 7.81. The number of halogens is 1. The van der Waals surface area contributed by atoms with Crippen molar-refractivity contribution in [2.45, 2.75) is 25.8 Å². The Kier molecular flexibility index (Phi) is 6.40. The lowest BCUT2D eigenvalue weighted by atomic mass is 9.96. The van der Waals surface area contributed by atoms with Crippen molar-refractivity contribution in [2.75, 3.05) is 13.1 Å². The van der Waals surface area contributed by atoms with Gasteiger partial charge in [-0.15, -0.1) is 0 Å². The lowest BCUT2D eigenvalue weighted by Gasteiger charge is -2.32. The third-order valence-corrected chi connectivity index (χ3v) is 5.50. The van der Waals surface area contributed by atoms with Crippen LogP contribution in [0.15, 0.2) is 67.0 Å². The average molecular weight is 420 g/mol. The van der Waals surface area contributed by atoms with E-state index in [1.165, 1.54) is 12.1 Å². The molecule has 1 aromatic heterocycles. The van der Waals surface area contributed by atoms with Crippen molar-refractivity contribution in [1.29, 1.82) is 0 Å². The first-order valence-corrected chi connectivity index (χ1v) is 10.5. The topological polar surface area (TPSA) is 67.2 Å². The van der Waals surface area contributed by atoms with Gasteiger partial charge in [0.2, 0.25) is 11.8 Å². The van der Waals surface area contributed by atoms with Gasteiger partial charge in [-0.1, -0.05) is 30.3 Å². The monoisotopic (exact) mass is 420 g/mol. The van der Waals surface area contributed by atoms with Crippen molar-refractivity contribution in [3.63, 3.8) is 0 Å². The predicted molar refractivity (Wildman–Crippen MR) is 115 cm³/mol. The Hall–Kier alpha value is -3.48. The summed E-state index contributed by atoms with van der Waals surface area (Å²) >= 11 is 0. The Labute approximate surface area is 180 Å². The van der Waals surface area contributed by atoms with Gasteiger partial charge in [0, 0.05) is 32.3 Å². The smallest absolute Gasteiger partial charge is 0.224 e. The first kappa shape index (κ1) is 20.8. The van der Waals surface area contributed by atoms with Crippen LogP contribution in [0.25, 0.3) is 5.69 Å². The summed E-state index contributed by atoms with van der Waals surface area (Å²) in [6.07, 6.45) is 5.31. The average Bonchev–Trinajstić information content (AvgIpc) is 3.25. The van der Waals surface area contributed by atoms with Crippen molar-refractivity contribution >= 4 is 11.8 Å². The van der Waals surface area contributed by atoms with Crippen molar-refractivity contribution < 1.29 is 14.0 Å². The molecule has 7 heteroatoms. The van der Waals surface area contributed by atoms with Crippen LogP contribution in [0.2, 0.25) is 0 Å². The number of hydrogen-bond donors (Lipinski definition) is 1. The molecule has 1 aliphatic heterocycles. The van der Waals surface area contributed by atoms with Gasteiger partial charge in [-0.05, 0) is 48.2 Å². The van der Waals surface area contributed by atoms with Crippen LogP contribution in [0.5, 0.6) is 0 Å². The van der Waals surface area contributed by atoms with Crippen molar-refractivity contribution in [3.8, 4) is 5.69 Å². The molecule has 0 unspecified atom stereocenters. The molecule has 0 bridgehead atoms. The van der Waals surface area contributed by atoms with Gasteiger partial charge >= 0.3 is 0 Å². The molecule has 1 saturated heterocycles. The highest BCUT2D eigenvalue weighted by atomic mass is 19.1. The number of carbonyl (C=O) groups is 2. The summed E-state index contributed by atoms with van der Waals surface area (Å²) < 4.78 is 15.2. The van der Waals surface area contributed by atoms with Gasteiger partial charge in [0.05, 0.1) is 17.8 Å². The number of likely N-dealkylation sites (tertiary alicyclic amines) is 1. The number of carbonyl (C=O) groups excluding carboxylic acids is 2. The minimum absolute atomic E-state index is 0.00152. The number of para-hydroxylation sites is 1. The fourth-order valence-electron chi connectivity index (χ4n) is 3.82. The Morgan fingerprint density at radius 2 is 1.97 bits per heavy atom. The van der Waals surface area contributed by atoms with Crippen molar-refractivity contribution in [1.82, 2.24) is 20.0 Å². The lowest BCUT2D eigenvalue weighted by molar-refractivity contribution is -0.138. The van der Waals surface area contributed by atoms with E-state index in [2.05, 4.69) is 10.4 Å². The van der Waals surface area contributed by atoms with E-state index in [0.29, 0.717) is 38.9 Å². The number of hydrogen-bond acceptors (Lipinski definition) is 3. The molecule has 0 spiro atoms. The highest BCUT2D eigenvalue weighted by Crippen LogP contribution is 2.20. The minimum atomic E-state index is -0.327. The Morgan fingerprint density at radius 3 is 2.77 bits per heavy atom. The minimum Gasteiger partial charge on any atom is -0.355 e. The van der Waals surface area contributed by atoms with Crippen LogP contribution >= 0.6 is 0 Å². The molecule has 2 aromatic carbocycles. The number of nitrogens with zero attached hydrogens (tertiary/aromatic N) is 3. The van der Waals surface area contributed by atoms with Gasteiger partial charge in [0.25, 0.3) is 0 Å². The number of piperidine rings is 1. The summed E-state index contributed by atoms with van der Waals surface area (Å²) in [6.45, 7) is 1.18. The van der Waals surface area contributed by atoms with E-state index in [4.69, 9.17) is 0 Å². The van der Waals surface area contributed by atoms with Gasteiger partial charge in [-0.25, -0.2) is 9.07 Å². The second kappa shape index (κ2) is 9.55. The van der Waals surface area contributed by atoms with Crippen LogP contribution in [0, 0.1) is 11.7 Å². The highest BCUT2D eigenvalue weighted by Gasteiger charge is 2.30. The number of rotatable bonds is 7. The Morgan fingerprint density at radius 1 is 1.13 bits per heavy atom. The summed E-state index contributed by atoms with van der Waals surface area (Å²) in [5, 5.41) is 7.36. The van der Waals surface area contributed by atoms with E-state index in [1.54, 1.807) is 23.2 Å². The summed E-state index contributed by atoms with van der Waals surface area (Å²) in [5.74, 6) is -0.626. The Bertz CT molecular complexity index is 1050. The van der Waals surface area contributed by atoms with E-state index in [-0.39, 0.29) is 23.5 Å². The zero-order valence-electron chi connectivity index (χ0n) is 17.2. The molecule has 4 rings (SSSR count). The molecule has 2 heterocycles. The number of amides is 2. The first-order valence-electron chi connectivity index (χ1n) is 10.5. The van der Waals surface area contributed by atoms with Gasteiger partial charge in [-0.3, -0.25) is 9.59 Å². The molecule has 1 aliphatic rings. The van der Waals surface area contributed by atoms with E-state index >= 15 is 0 Å². The largest absolute Gasteiger partial charge is 0.355 e. The third kappa shape index (κ3) is 5.36. The van der Waals surface area contributed by atoms with Crippen LogP contribution in [0.1, 0.15) is 24.0 Å². The maximum Gasteiger partial charge on any atom is 0.224 e. The fourth-order valence-corrected chi connectivity index (χ4v) is 3.82. The normalized spacial score (nSPS) is 16.4. The van der Waals surface area contributed by atoms with Gasteiger partial charge in [0.15, 0.2) is 0 Å². The van der Waals surface area contributed by atoms with Crippen molar-refractivity contribution in [2.24, 2.45) is 5.92 Å². The molecule has 6 nitrogen and oxygen atoms in total. The van der Waals surface area contributed by atoms with E-state index in [9.17, 15) is 14.0 Å². The number of aromatic nitrogens is 2. The van der Waals surface area contributed by atoms with Crippen LogP contribution in [0.3, 0.4) is 0 Å². The van der Waals surface area contributed by atoms with E-state index in [0.717, 1.165) is 16.8 Å². The molecule has 1 fully saturated rings. The predicted octanol–water partition coefficient (Wildman–Crippen LogP) is 3.11. The Balaban J connectivity index is 1.27. The fraction of sp³-hybridized carbons (Fsp3) is 0.292. The second-order valence-corrected chi connectivity index (χ2v) is 7.81. The van der Waals surface area contributed by atoms with Crippen LogP contribution in [0.4, 0.5) is 4.39 Å². The zero-order valence-corrected chi connectivity index (χ0v) is 17.2. The molecule has 3 aromatic rings. The SMILES string of the molecule is O=C(NCCc1cnn(-c2ccccc2)c1)[C@@H]1CCC(=O)N(Cc2cccc(F)c2)C1. The highest BCUT2D eigenvalue weighted by molar-refractivity contribution is 5.83. The molecule has 160 valence electrons. The van der Waals surface area contributed by atoms with Gasteiger partial charge in [0.1, 0.15) is 5.82 Å². The molecular weight excluding hydrogens is 395 g/mol. The van der Waals surface area contributed by atoms with E-state index in [1.807, 2.05) is 41.2 Å². The molecular formula is C24H25FN4O2. The molecule has 1 N–H and O–H groups in total. The van der Waals surface area contributed by atoms with Crippen LogP contribution in [-0.2, 0) is 22.6 Å². The van der Waals surface area contributed by atoms with Gasteiger partial charge < -0.3 is 10.2 Å². The van der Waals surface area contributed by atoms with E-state index < -0.39 is 0 Å². The molecule has 2 amide bonds. The summed E-state index contributed by atoms with van der Waals surface area (Å²) in [7, 11) is 0. The first-order chi connectivity index (χ1) is 15.1. The van der Waals surface area contributed by atoms with Gasteiger partial charge in [-0.2, -0.15) is 5.10 Å². The quantitative estimate of drug-likeness (QED) is 0.639. The number of benzene rings is 2. The number of nitrogens with one attached hydrogen (secondary N) is 1. The molecule has 0 aliphatic carbocycles. The summed E-state index contributed by atoms with van der Waals surface area (Å²) in [5.41, 5.74) is 2.75. The lowest BCUT2D eigenvalue weighted by Crippen LogP contribution is -2.45. The summed E-state index contributed by atoms with van der Waals surface area (Å²) in [6, 6.07) is 16.1. The third-order valence-electron chi connectivity index (χ3n) is 5.50. The summed E-state index contributed by atoms with van der Waals surface area (Å²) in [4.78, 5) is 26.6. The van der Waals surface area contributed by atoms with Crippen LogP contribution < -0.4 is 5.32 Å². The maximum atomic E-state index is 13.4. The molecule has 0 saturated carbocycles. The zero-order chi connectivity index (χ0) is 21.6. The maximum absolute atomic E-state index is 13.4. The standard InChI is InChI=1S/C24H25FN4O2/c25-21-6-4-5-18(13-21)15-28-17-20(9-10-23(28)30)24(31)26-12-11-19-14-27-29(16-19)22-7-2-1-3-8-22/h1-8,13-14,16,20H,9-12,15,17H2,(H,26,31)/t20-/m1/s1. The van der Waals surface area contributed by atoms with Crippen molar-refractivity contribution in [3.05, 3.63) is 83.9 Å². The molecule has 1 atom stereocenters. The van der Waals surface area contributed by atoms with Crippen LogP contribution in [-0.4, -0.2) is 39.6 Å². The molecule has 31 heavy (non-hydrogen) atoms. The molecule has 0 radical (unpaired) electrons.